The number of aromatic hydroxyl groups is 1. The van der Waals surface area contributed by atoms with Gasteiger partial charge in [-0.05, 0) is 49.8 Å². The Balaban J connectivity index is 1.52. The molecular weight excluding hydrogens is 486 g/mol. The van der Waals surface area contributed by atoms with Crippen LogP contribution < -0.4 is 10.6 Å². The lowest BCUT2D eigenvalue weighted by Crippen LogP contribution is -2.68. The third-order valence-electron chi connectivity index (χ3n) is 6.42. The zero-order chi connectivity index (χ0) is 26.0. The number of nitrogens with one attached hydrogen (secondary N) is 2. The second-order valence-corrected chi connectivity index (χ2v) is 10.3. The lowest BCUT2D eigenvalue weighted by Gasteiger charge is -2.38. The van der Waals surface area contributed by atoms with Gasteiger partial charge in [-0.3, -0.25) is 24.5 Å². The standard InChI is InChI=1S/C25H29N3O7S/c1-13-9-10-16(35-13)19(17-8-5-11-36-17)27-21-20(23(31)24(21)32)26-15-7-4-6-14(22(15)30)25(33)28(2)12-18(29)34-3/h4,6-7,9-10,17,19-21,26-27,30H,5,8,11-12H2,1-3H3/t17?,19-,20?,21?/m0/s1. The minimum Gasteiger partial charge on any atom is -0.505 e. The number of hydrogen-bond acceptors (Lipinski definition) is 10. The number of rotatable bonds is 9. The van der Waals surface area contributed by atoms with Crippen LogP contribution in [0.4, 0.5) is 5.69 Å². The monoisotopic (exact) mass is 515 g/mol. The third-order valence-corrected chi connectivity index (χ3v) is 7.88. The molecule has 1 saturated heterocycles. The highest BCUT2D eigenvalue weighted by Gasteiger charge is 2.51. The summed E-state index contributed by atoms with van der Waals surface area (Å²) in [5, 5.41) is 17.2. The molecule has 1 aliphatic heterocycles. The lowest BCUT2D eigenvalue weighted by atomic mass is 9.81. The number of furan rings is 1. The van der Waals surface area contributed by atoms with Crippen molar-refractivity contribution in [3.05, 3.63) is 47.4 Å². The Labute approximate surface area is 212 Å². The number of phenols is 1. The highest BCUT2D eigenvalue weighted by molar-refractivity contribution is 8.00. The van der Waals surface area contributed by atoms with E-state index in [9.17, 15) is 24.3 Å². The number of amides is 1. The second kappa shape index (κ2) is 10.8. The largest absolute Gasteiger partial charge is 0.505 e. The zero-order valence-electron chi connectivity index (χ0n) is 20.3. The minimum absolute atomic E-state index is 0.0553. The number of carbonyl (C=O) groups is 4. The summed E-state index contributed by atoms with van der Waals surface area (Å²) < 4.78 is 10.4. The van der Waals surface area contributed by atoms with Crippen LogP contribution in [0.5, 0.6) is 5.75 Å². The number of Topliss-reactive ketones (excluding diaryl/α,β-unsaturated/α-hetero) is 2. The maximum Gasteiger partial charge on any atom is 0.325 e. The summed E-state index contributed by atoms with van der Waals surface area (Å²) in [6.45, 7) is 1.56. The molecule has 36 heavy (non-hydrogen) atoms. The number of ether oxygens (including phenoxy) is 1. The molecule has 3 N–H and O–H groups in total. The number of thioether (sulfide) groups is 1. The third kappa shape index (κ3) is 5.12. The number of nitrogens with zero attached hydrogens (tertiary/aromatic N) is 1. The molecule has 2 heterocycles. The van der Waals surface area contributed by atoms with Crippen LogP contribution in [-0.4, -0.2) is 77.2 Å². The molecule has 1 aromatic heterocycles. The van der Waals surface area contributed by atoms with Crippen LogP contribution in [0.15, 0.2) is 34.7 Å². The van der Waals surface area contributed by atoms with Gasteiger partial charge in [-0.25, -0.2) is 0 Å². The van der Waals surface area contributed by atoms with E-state index in [4.69, 9.17) is 4.42 Å². The zero-order valence-corrected chi connectivity index (χ0v) is 21.1. The summed E-state index contributed by atoms with van der Waals surface area (Å²) in [6, 6.07) is 6.20. The van der Waals surface area contributed by atoms with Gasteiger partial charge < -0.3 is 24.5 Å². The molecule has 2 fully saturated rings. The number of aryl methyl sites for hydroxylation is 1. The van der Waals surface area contributed by atoms with Gasteiger partial charge >= 0.3 is 5.97 Å². The fourth-order valence-corrected chi connectivity index (χ4v) is 5.80. The van der Waals surface area contributed by atoms with Gasteiger partial charge in [0.05, 0.1) is 24.4 Å². The number of benzene rings is 1. The second-order valence-electron chi connectivity index (χ2n) is 8.91. The average Bonchev–Trinajstić information content (AvgIpc) is 3.56. The fraction of sp³-hybridized carbons (Fsp3) is 0.440. The Morgan fingerprint density at radius 1 is 1.22 bits per heavy atom. The minimum atomic E-state index is -0.925. The lowest BCUT2D eigenvalue weighted by molar-refractivity contribution is -0.145. The summed E-state index contributed by atoms with van der Waals surface area (Å²) in [6.07, 6.45) is 2.02. The number of esters is 1. The summed E-state index contributed by atoms with van der Waals surface area (Å²) in [5.74, 6) is -0.257. The maximum absolute atomic E-state index is 12.8. The number of hydrogen-bond donors (Lipinski definition) is 3. The maximum atomic E-state index is 12.8. The predicted molar refractivity (Wildman–Crippen MR) is 133 cm³/mol. The molecule has 1 aliphatic carbocycles. The van der Waals surface area contributed by atoms with Crippen molar-refractivity contribution in [1.82, 2.24) is 10.2 Å². The number of carbonyl (C=O) groups excluding carboxylic acids is 4. The van der Waals surface area contributed by atoms with Crippen LogP contribution in [0.25, 0.3) is 0 Å². The molecule has 10 nitrogen and oxygen atoms in total. The summed E-state index contributed by atoms with van der Waals surface area (Å²) in [5.41, 5.74) is 0.0749. The van der Waals surface area contributed by atoms with Gasteiger partial charge in [0, 0.05) is 12.3 Å². The molecule has 2 aromatic rings. The molecule has 1 saturated carbocycles. The quantitative estimate of drug-likeness (QED) is 0.258. The summed E-state index contributed by atoms with van der Waals surface area (Å²) in [7, 11) is 2.62. The molecule has 11 heteroatoms. The molecular formula is C25H29N3O7S. The van der Waals surface area contributed by atoms with Crippen LogP contribution in [-0.2, 0) is 19.1 Å². The van der Waals surface area contributed by atoms with Crippen LogP contribution in [0.3, 0.4) is 0 Å². The number of phenolic OH excluding ortho intramolecular Hbond substituents is 1. The molecule has 192 valence electrons. The van der Waals surface area contributed by atoms with E-state index in [0.29, 0.717) is 5.76 Å². The molecule has 2 aliphatic rings. The predicted octanol–water partition coefficient (Wildman–Crippen LogP) is 2.07. The van der Waals surface area contributed by atoms with E-state index < -0.39 is 35.5 Å². The highest BCUT2D eigenvalue weighted by atomic mass is 32.2. The molecule has 4 rings (SSSR count). The van der Waals surface area contributed by atoms with Crippen LogP contribution >= 0.6 is 11.8 Å². The van der Waals surface area contributed by atoms with Crippen LogP contribution in [0.2, 0.25) is 0 Å². The van der Waals surface area contributed by atoms with E-state index in [0.717, 1.165) is 29.3 Å². The smallest absolute Gasteiger partial charge is 0.325 e. The Morgan fingerprint density at radius 2 is 1.97 bits per heavy atom. The molecule has 3 unspecified atom stereocenters. The van der Waals surface area contributed by atoms with Gasteiger partial charge in [0.15, 0.2) is 5.75 Å². The van der Waals surface area contributed by atoms with Crippen molar-refractivity contribution in [2.24, 2.45) is 0 Å². The first-order valence-electron chi connectivity index (χ1n) is 11.6. The van der Waals surface area contributed by atoms with Gasteiger partial charge in [-0.1, -0.05) is 6.07 Å². The first-order valence-corrected chi connectivity index (χ1v) is 12.7. The molecule has 4 atom stereocenters. The summed E-state index contributed by atoms with van der Waals surface area (Å²) in [4.78, 5) is 50.5. The van der Waals surface area contributed by atoms with E-state index in [1.165, 1.54) is 32.4 Å². The van der Waals surface area contributed by atoms with E-state index in [1.807, 2.05) is 19.1 Å². The first-order chi connectivity index (χ1) is 17.2. The molecule has 1 amide bonds. The number of likely N-dealkylation sites (N-methyl/N-ethyl adjacent to an activating group) is 1. The Bertz CT molecular complexity index is 1170. The Hall–Kier alpha value is -3.31. The molecule has 0 radical (unpaired) electrons. The number of para-hydroxylation sites is 1. The van der Waals surface area contributed by atoms with Crippen molar-refractivity contribution in [3.8, 4) is 5.75 Å². The number of methoxy groups -OCH3 is 1. The SMILES string of the molecule is COC(=O)CN(C)C(=O)c1cccc(NC2C(=O)C(=O)C2N[C@@H](c2ccc(C)o2)C2CCCS2)c1O. The van der Waals surface area contributed by atoms with Gasteiger partial charge in [0.1, 0.15) is 30.1 Å². The van der Waals surface area contributed by atoms with Crippen molar-refractivity contribution >= 4 is 40.9 Å². The van der Waals surface area contributed by atoms with Crippen molar-refractivity contribution in [3.63, 3.8) is 0 Å². The van der Waals surface area contributed by atoms with E-state index in [-0.39, 0.29) is 34.8 Å². The number of ketones is 2. The van der Waals surface area contributed by atoms with Gasteiger partial charge in [-0.2, -0.15) is 11.8 Å². The Morgan fingerprint density at radius 3 is 2.61 bits per heavy atom. The van der Waals surface area contributed by atoms with Crippen molar-refractivity contribution < 1.29 is 33.4 Å². The Kier molecular flexibility index (Phi) is 7.70. The van der Waals surface area contributed by atoms with Gasteiger partial charge in [0.25, 0.3) is 5.91 Å². The molecule has 0 bridgehead atoms. The van der Waals surface area contributed by atoms with E-state index in [1.54, 1.807) is 11.8 Å². The average molecular weight is 516 g/mol. The fourth-order valence-electron chi connectivity index (χ4n) is 4.42. The van der Waals surface area contributed by atoms with E-state index in [2.05, 4.69) is 15.4 Å². The van der Waals surface area contributed by atoms with Crippen LogP contribution in [0.1, 0.15) is 40.8 Å². The van der Waals surface area contributed by atoms with Crippen molar-refractivity contribution in [2.45, 2.75) is 43.1 Å². The number of anilines is 1. The topological polar surface area (TPSA) is 138 Å². The summed E-state index contributed by atoms with van der Waals surface area (Å²) >= 11 is 1.80. The normalized spacial score (nSPS) is 22.1. The van der Waals surface area contributed by atoms with Crippen LogP contribution in [0, 0.1) is 6.92 Å². The molecule has 0 spiro atoms. The molecule has 1 aromatic carbocycles. The van der Waals surface area contributed by atoms with Gasteiger partial charge in [-0.15, -0.1) is 0 Å². The van der Waals surface area contributed by atoms with Crippen molar-refractivity contribution in [2.75, 3.05) is 31.8 Å². The first kappa shape index (κ1) is 25.8. The van der Waals surface area contributed by atoms with E-state index >= 15 is 0 Å². The highest BCUT2D eigenvalue weighted by Crippen LogP contribution is 2.38. The van der Waals surface area contributed by atoms with Gasteiger partial charge in [0.2, 0.25) is 11.6 Å². The van der Waals surface area contributed by atoms with Crippen molar-refractivity contribution in [1.29, 1.82) is 0 Å².